The SMILES string of the molecule is C[C@@H](O)c1nc2cnc3ccccc3c2n1[C@H]1CC[C@H](CC#N)CC1. The summed E-state index contributed by atoms with van der Waals surface area (Å²) in [6.07, 6.45) is 5.99. The molecule has 1 aliphatic rings. The largest absolute Gasteiger partial charge is 0.385 e. The number of imidazole rings is 1. The van der Waals surface area contributed by atoms with Crippen molar-refractivity contribution in [3.05, 3.63) is 36.3 Å². The van der Waals surface area contributed by atoms with Gasteiger partial charge in [0.1, 0.15) is 17.4 Å². The van der Waals surface area contributed by atoms with Gasteiger partial charge in [0.05, 0.1) is 23.3 Å². The van der Waals surface area contributed by atoms with Crippen LogP contribution in [0.15, 0.2) is 30.5 Å². The first-order valence-electron chi connectivity index (χ1n) is 8.99. The maximum atomic E-state index is 10.3. The molecule has 0 saturated heterocycles. The number of aliphatic hydroxyl groups is 1. The monoisotopic (exact) mass is 334 g/mol. The summed E-state index contributed by atoms with van der Waals surface area (Å²) in [4.78, 5) is 9.20. The van der Waals surface area contributed by atoms with Gasteiger partial charge in [-0.15, -0.1) is 0 Å². The normalized spacial score (nSPS) is 22.1. The molecule has 2 heterocycles. The molecule has 0 spiro atoms. The smallest absolute Gasteiger partial charge is 0.138 e. The Morgan fingerprint density at radius 2 is 2.00 bits per heavy atom. The molecule has 0 aliphatic heterocycles. The highest BCUT2D eigenvalue weighted by Crippen LogP contribution is 2.38. The number of nitriles is 1. The van der Waals surface area contributed by atoms with Gasteiger partial charge in [-0.1, -0.05) is 18.2 Å². The van der Waals surface area contributed by atoms with E-state index in [0.29, 0.717) is 18.4 Å². The summed E-state index contributed by atoms with van der Waals surface area (Å²) >= 11 is 0. The Morgan fingerprint density at radius 3 is 2.72 bits per heavy atom. The molecule has 128 valence electrons. The number of pyridine rings is 1. The fourth-order valence-electron chi connectivity index (χ4n) is 4.14. The van der Waals surface area contributed by atoms with Crippen molar-refractivity contribution >= 4 is 21.9 Å². The molecular weight excluding hydrogens is 312 g/mol. The molecule has 0 bridgehead atoms. The Labute approximate surface area is 146 Å². The number of hydrogen-bond donors (Lipinski definition) is 1. The van der Waals surface area contributed by atoms with Gasteiger partial charge in [0.25, 0.3) is 0 Å². The maximum absolute atomic E-state index is 10.3. The van der Waals surface area contributed by atoms with Crippen molar-refractivity contribution in [1.82, 2.24) is 14.5 Å². The van der Waals surface area contributed by atoms with Gasteiger partial charge in [0, 0.05) is 17.8 Å². The average molecular weight is 334 g/mol. The van der Waals surface area contributed by atoms with Crippen molar-refractivity contribution < 1.29 is 5.11 Å². The zero-order valence-electron chi connectivity index (χ0n) is 14.4. The summed E-state index contributed by atoms with van der Waals surface area (Å²) in [6, 6.07) is 10.7. The van der Waals surface area contributed by atoms with Gasteiger partial charge in [-0.05, 0) is 44.6 Å². The van der Waals surface area contributed by atoms with Crippen LogP contribution in [-0.4, -0.2) is 19.6 Å². The Bertz CT molecular complexity index is 945. The second kappa shape index (κ2) is 6.45. The molecule has 3 aromatic rings. The molecule has 1 aliphatic carbocycles. The van der Waals surface area contributed by atoms with E-state index in [4.69, 9.17) is 10.2 Å². The van der Waals surface area contributed by atoms with Crippen molar-refractivity contribution in [3.8, 4) is 6.07 Å². The molecule has 4 rings (SSSR count). The number of rotatable bonds is 3. The number of hydrogen-bond acceptors (Lipinski definition) is 4. The van der Waals surface area contributed by atoms with E-state index in [2.05, 4.69) is 21.7 Å². The highest BCUT2D eigenvalue weighted by molar-refractivity contribution is 6.02. The average Bonchev–Trinajstić information content (AvgIpc) is 3.03. The molecule has 5 heteroatoms. The van der Waals surface area contributed by atoms with E-state index >= 15 is 0 Å². The van der Waals surface area contributed by atoms with Crippen molar-refractivity contribution in [2.75, 3.05) is 0 Å². The lowest BCUT2D eigenvalue weighted by molar-refractivity contribution is 0.175. The second-order valence-corrected chi connectivity index (χ2v) is 7.06. The lowest BCUT2D eigenvalue weighted by Gasteiger charge is -2.30. The summed E-state index contributed by atoms with van der Waals surface area (Å²) in [6.45, 7) is 1.77. The predicted molar refractivity (Wildman–Crippen MR) is 96.9 cm³/mol. The van der Waals surface area contributed by atoms with E-state index in [1.807, 2.05) is 18.2 Å². The van der Waals surface area contributed by atoms with Crippen molar-refractivity contribution in [2.24, 2.45) is 5.92 Å². The molecule has 1 saturated carbocycles. The summed E-state index contributed by atoms with van der Waals surface area (Å²) in [5, 5.41) is 20.3. The summed E-state index contributed by atoms with van der Waals surface area (Å²) < 4.78 is 2.24. The van der Waals surface area contributed by atoms with E-state index in [0.717, 1.165) is 53.4 Å². The first kappa shape index (κ1) is 16.0. The van der Waals surface area contributed by atoms with Crippen LogP contribution < -0.4 is 0 Å². The minimum absolute atomic E-state index is 0.315. The number of para-hydroxylation sites is 1. The third-order valence-corrected chi connectivity index (χ3v) is 5.39. The third-order valence-electron chi connectivity index (χ3n) is 5.39. The molecule has 2 aromatic heterocycles. The molecule has 25 heavy (non-hydrogen) atoms. The Morgan fingerprint density at radius 1 is 1.24 bits per heavy atom. The lowest BCUT2D eigenvalue weighted by Crippen LogP contribution is -2.20. The van der Waals surface area contributed by atoms with Crippen LogP contribution in [0.3, 0.4) is 0 Å². The standard InChI is InChI=1S/C20H22N4O/c1-13(25)20-23-18-12-22-17-5-3-2-4-16(17)19(18)24(20)15-8-6-14(7-9-15)10-11-21/h2-5,12-15,25H,6-10H2,1H3/t13-,14-,15-/m1/s1. The lowest BCUT2D eigenvalue weighted by atomic mass is 9.84. The summed E-state index contributed by atoms with van der Waals surface area (Å²) in [5.74, 6) is 1.22. The highest BCUT2D eigenvalue weighted by Gasteiger charge is 2.27. The van der Waals surface area contributed by atoms with Crippen LogP contribution in [0, 0.1) is 17.2 Å². The van der Waals surface area contributed by atoms with E-state index < -0.39 is 6.10 Å². The van der Waals surface area contributed by atoms with Crippen molar-refractivity contribution in [2.45, 2.75) is 51.2 Å². The van der Waals surface area contributed by atoms with E-state index in [1.165, 1.54) is 0 Å². The van der Waals surface area contributed by atoms with Crippen LogP contribution in [0.1, 0.15) is 57.0 Å². The molecule has 0 amide bonds. The van der Waals surface area contributed by atoms with Gasteiger partial charge < -0.3 is 9.67 Å². The highest BCUT2D eigenvalue weighted by atomic mass is 16.3. The minimum Gasteiger partial charge on any atom is -0.385 e. The fourth-order valence-corrected chi connectivity index (χ4v) is 4.14. The van der Waals surface area contributed by atoms with Crippen molar-refractivity contribution in [3.63, 3.8) is 0 Å². The Balaban J connectivity index is 1.85. The molecular formula is C20H22N4O. The minimum atomic E-state index is -0.622. The zero-order valence-corrected chi connectivity index (χ0v) is 14.4. The van der Waals surface area contributed by atoms with Crippen LogP contribution in [0.4, 0.5) is 0 Å². The fraction of sp³-hybridized carbons (Fsp3) is 0.450. The number of fused-ring (bicyclic) bond motifs is 3. The molecule has 0 unspecified atom stereocenters. The van der Waals surface area contributed by atoms with Gasteiger partial charge in [-0.25, -0.2) is 4.98 Å². The maximum Gasteiger partial charge on any atom is 0.138 e. The number of aromatic nitrogens is 3. The molecule has 1 fully saturated rings. The number of benzene rings is 1. The predicted octanol–water partition coefficient (Wildman–Crippen LogP) is 4.28. The summed E-state index contributed by atoms with van der Waals surface area (Å²) in [5.41, 5.74) is 2.87. The Hall–Kier alpha value is -2.45. The van der Waals surface area contributed by atoms with E-state index in [-0.39, 0.29) is 0 Å². The topological polar surface area (TPSA) is 74.7 Å². The molecule has 1 aromatic carbocycles. The quantitative estimate of drug-likeness (QED) is 0.775. The molecule has 1 atom stereocenters. The number of aliphatic hydroxyl groups excluding tert-OH is 1. The van der Waals surface area contributed by atoms with Crippen LogP contribution in [0.5, 0.6) is 0 Å². The van der Waals surface area contributed by atoms with Crippen LogP contribution in [0.25, 0.3) is 21.9 Å². The first-order chi connectivity index (χ1) is 12.2. The first-order valence-corrected chi connectivity index (χ1v) is 8.99. The van der Waals surface area contributed by atoms with Gasteiger partial charge in [-0.2, -0.15) is 5.26 Å². The van der Waals surface area contributed by atoms with Gasteiger partial charge in [0.2, 0.25) is 0 Å². The third kappa shape index (κ3) is 2.77. The van der Waals surface area contributed by atoms with Crippen LogP contribution >= 0.6 is 0 Å². The molecule has 1 N–H and O–H groups in total. The Kier molecular flexibility index (Phi) is 4.14. The van der Waals surface area contributed by atoms with Gasteiger partial charge in [-0.3, -0.25) is 4.98 Å². The molecule has 5 nitrogen and oxygen atoms in total. The molecule has 0 radical (unpaired) electrons. The van der Waals surface area contributed by atoms with E-state index in [9.17, 15) is 5.11 Å². The zero-order chi connectivity index (χ0) is 17.4. The summed E-state index contributed by atoms with van der Waals surface area (Å²) in [7, 11) is 0. The number of nitrogens with zero attached hydrogens (tertiary/aromatic N) is 4. The van der Waals surface area contributed by atoms with E-state index in [1.54, 1.807) is 13.1 Å². The van der Waals surface area contributed by atoms with Gasteiger partial charge >= 0.3 is 0 Å². The van der Waals surface area contributed by atoms with Gasteiger partial charge in [0.15, 0.2) is 0 Å². The van der Waals surface area contributed by atoms with Crippen LogP contribution in [-0.2, 0) is 0 Å². The second-order valence-electron chi connectivity index (χ2n) is 7.06. The van der Waals surface area contributed by atoms with Crippen molar-refractivity contribution in [1.29, 1.82) is 5.26 Å². The van der Waals surface area contributed by atoms with Crippen LogP contribution in [0.2, 0.25) is 0 Å².